The van der Waals surface area contributed by atoms with Crippen molar-refractivity contribution < 1.29 is 9.59 Å². The lowest BCUT2D eigenvalue weighted by Crippen LogP contribution is -2.32. The molecule has 0 saturated carbocycles. The monoisotopic (exact) mass is 408 g/mol. The summed E-state index contributed by atoms with van der Waals surface area (Å²) in [6, 6.07) is 0. The number of amides is 2. The number of hydrogen-bond donors (Lipinski definition) is 0. The quantitative estimate of drug-likeness (QED) is 0.350. The van der Waals surface area contributed by atoms with Gasteiger partial charge in [0, 0.05) is 71.4 Å². The SMILES string of the molecule is O=C(I)N1CCCN(C(=O)I)CC1. The highest BCUT2D eigenvalue weighted by Crippen LogP contribution is 2.09. The van der Waals surface area contributed by atoms with Crippen LogP contribution in [0.4, 0.5) is 9.59 Å². The van der Waals surface area contributed by atoms with Gasteiger partial charge in [0.1, 0.15) is 0 Å². The van der Waals surface area contributed by atoms with Crippen LogP contribution in [-0.4, -0.2) is 43.8 Å². The predicted molar refractivity (Wildman–Crippen MR) is 66.6 cm³/mol. The molecular weight excluding hydrogens is 398 g/mol. The Hall–Kier alpha value is 0.400. The Morgan fingerprint density at radius 1 is 0.846 bits per heavy atom. The standard InChI is InChI=1S/C7H10I2N2O2/c8-6(12)10-2-1-3-11(5-4-10)7(9)13/h1-5H2. The van der Waals surface area contributed by atoms with Gasteiger partial charge in [0.2, 0.25) is 0 Å². The summed E-state index contributed by atoms with van der Waals surface area (Å²) in [6.45, 7) is 2.86. The normalized spacial score (nSPS) is 18.3. The van der Waals surface area contributed by atoms with Gasteiger partial charge in [0.05, 0.1) is 0 Å². The molecule has 1 aliphatic heterocycles. The summed E-state index contributed by atoms with van der Waals surface area (Å²) in [6.07, 6.45) is 0.878. The van der Waals surface area contributed by atoms with Crippen LogP contribution in [0.25, 0.3) is 0 Å². The van der Waals surface area contributed by atoms with Crippen LogP contribution in [0.3, 0.4) is 0 Å². The summed E-state index contributed by atoms with van der Waals surface area (Å²) in [5.41, 5.74) is 0. The van der Waals surface area contributed by atoms with Gasteiger partial charge in [-0.05, 0) is 6.42 Å². The van der Waals surface area contributed by atoms with Crippen LogP contribution >= 0.6 is 45.2 Å². The number of carbonyl (C=O) groups is 2. The van der Waals surface area contributed by atoms with E-state index < -0.39 is 0 Å². The molecule has 1 fully saturated rings. The maximum Gasteiger partial charge on any atom is 0.283 e. The van der Waals surface area contributed by atoms with Gasteiger partial charge in [-0.3, -0.25) is 9.59 Å². The van der Waals surface area contributed by atoms with Gasteiger partial charge < -0.3 is 9.80 Å². The minimum absolute atomic E-state index is 0.0698. The van der Waals surface area contributed by atoms with Crippen molar-refractivity contribution in [2.24, 2.45) is 0 Å². The van der Waals surface area contributed by atoms with E-state index in [9.17, 15) is 9.59 Å². The van der Waals surface area contributed by atoms with Crippen molar-refractivity contribution in [3.05, 3.63) is 0 Å². The molecule has 1 saturated heterocycles. The topological polar surface area (TPSA) is 40.6 Å². The van der Waals surface area contributed by atoms with Crippen molar-refractivity contribution >= 4 is 53.0 Å². The van der Waals surface area contributed by atoms with E-state index in [1.165, 1.54) is 0 Å². The molecule has 0 aromatic carbocycles. The van der Waals surface area contributed by atoms with E-state index in [4.69, 9.17) is 0 Å². The second kappa shape index (κ2) is 5.32. The maximum absolute atomic E-state index is 11.0. The molecule has 1 aliphatic rings. The van der Waals surface area contributed by atoms with Crippen molar-refractivity contribution in [2.45, 2.75) is 6.42 Å². The first-order valence-electron chi connectivity index (χ1n) is 4.00. The summed E-state index contributed by atoms with van der Waals surface area (Å²) in [5.74, 6) is 0. The molecule has 0 unspecified atom stereocenters. The zero-order valence-electron chi connectivity index (χ0n) is 7.00. The Morgan fingerprint density at radius 3 is 1.54 bits per heavy atom. The molecule has 1 rings (SSSR count). The smallest absolute Gasteiger partial charge is 0.283 e. The highest BCUT2D eigenvalue weighted by molar-refractivity contribution is 14.1. The van der Waals surface area contributed by atoms with E-state index >= 15 is 0 Å². The maximum atomic E-state index is 11.0. The molecule has 0 aromatic heterocycles. The Labute approximate surface area is 104 Å². The molecule has 6 heteroatoms. The number of carbonyl (C=O) groups excluding carboxylic acids is 2. The van der Waals surface area contributed by atoms with Crippen LogP contribution in [0.15, 0.2) is 0 Å². The average molecular weight is 408 g/mol. The molecule has 0 radical (unpaired) electrons. The Morgan fingerprint density at radius 2 is 1.23 bits per heavy atom. The van der Waals surface area contributed by atoms with Crippen LogP contribution in [0.1, 0.15) is 6.42 Å². The van der Waals surface area contributed by atoms with E-state index in [0.717, 1.165) is 19.5 Å². The molecule has 0 bridgehead atoms. The molecule has 1 heterocycles. The van der Waals surface area contributed by atoms with E-state index in [1.54, 1.807) is 55.0 Å². The fraction of sp³-hybridized carbons (Fsp3) is 0.714. The van der Waals surface area contributed by atoms with Gasteiger partial charge in [0.25, 0.3) is 7.83 Å². The van der Waals surface area contributed by atoms with Crippen molar-refractivity contribution in [2.75, 3.05) is 26.2 Å². The minimum atomic E-state index is 0.0698. The highest BCUT2D eigenvalue weighted by atomic mass is 127. The van der Waals surface area contributed by atoms with Gasteiger partial charge in [-0.15, -0.1) is 0 Å². The van der Waals surface area contributed by atoms with Gasteiger partial charge in [-0.2, -0.15) is 0 Å². The van der Waals surface area contributed by atoms with E-state index in [2.05, 4.69) is 0 Å². The zero-order valence-corrected chi connectivity index (χ0v) is 11.3. The number of halogens is 2. The number of nitrogens with zero attached hydrogens (tertiary/aromatic N) is 2. The zero-order chi connectivity index (χ0) is 9.84. The van der Waals surface area contributed by atoms with Gasteiger partial charge >= 0.3 is 0 Å². The van der Waals surface area contributed by atoms with Gasteiger partial charge in [-0.25, -0.2) is 0 Å². The fourth-order valence-corrected chi connectivity index (χ4v) is 2.23. The minimum Gasteiger partial charge on any atom is -0.332 e. The lowest BCUT2D eigenvalue weighted by Gasteiger charge is -2.18. The van der Waals surface area contributed by atoms with Crippen molar-refractivity contribution in [1.29, 1.82) is 0 Å². The third-order valence-electron chi connectivity index (χ3n) is 1.99. The average Bonchev–Trinajstić information content (AvgIpc) is 2.27. The van der Waals surface area contributed by atoms with Crippen LogP contribution < -0.4 is 0 Å². The molecule has 0 spiro atoms. The third-order valence-corrected chi connectivity index (χ3v) is 3.36. The van der Waals surface area contributed by atoms with Crippen LogP contribution in [0, 0.1) is 0 Å². The first-order chi connectivity index (χ1) is 6.11. The van der Waals surface area contributed by atoms with Crippen LogP contribution in [-0.2, 0) is 0 Å². The molecule has 2 amide bonds. The largest absolute Gasteiger partial charge is 0.332 e. The van der Waals surface area contributed by atoms with Gasteiger partial charge in [0.15, 0.2) is 0 Å². The lowest BCUT2D eigenvalue weighted by molar-refractivity contribution is 0.220. The molecule has 74 valence electrons. The molecule has 0 N–H and O–H groups in total. The molecule has 4 nitrogen and oxygen atoms in total. The van der Waals surface area contributed by atoms with E-state index in [1.807, 2.05) is 0 Å². The Balaban J connectivity index is 2.48. The van der Waals surface area contributed by atoms with Crippen LogP contribution in [0.5, 0.6) is 0 Å². The van der Waals surface area contributed by atoms with Gasteiger partial charge in [-0.1, -0.05) is 0 Å². The first-order valence-corrected chi connectivity index (χ1v) is 6.16. The molecule has 0 aliphatic carbocycles. The Bertz CT molecular complexity index is 201. The summed E-state index contributed by atoms with van der Waals surface area (Å²) < 4.78 is 0.140. The molecule has 0 atom stereocenters. The predicted octanol–water partition coefficient (Wildman–Crippen LogP) is 2.10. The second-order valence-electron chi connectivity index (χ2n) is 2.83. The first kappa shape index (κ1) is 11.5. The third kappa shape index (κ3) is 3.56. The Kier molecular flexibility index (Phi) is 4.70. The summed E-state index contributed by atoms with van der Waals surface area (Å²) in [7, 11) is 0. The van der Waals surface area contributed by atoms with Crippen molar-refractivity contribution in [3.63, 3.8) is 0 Å². The van der Waals surface area contributed by atoms with E-state index in [0.29, 0.717) is 13.1 Å². The molecule has 0 aromatic rings. The van der Waals surface area contributed by atoms with E-state index in [-0.39, 0.29) is 7.83 Å². The molecular formula is C7H10I2N2O2. The fourth-order valence-electron chi connectivity index (χ4n) is 1.27. The summed E-state index contributed by atoms with van der Waals surface area (Å²) in [4.78, 5) is 25.6. The number of hydrogen-bond acceptors (Lipinski definition) is 2. The van der Waals surface area contributed by atoms with Crippen molar-refractivity contribution in [3.8, 4) is 0 Å². The lowest BCUT2D eigenvalue weighted by atomic mass is 10.4. The molecule has 13 heavy (non-hydrogen) atoms. The highest BCUT2D eigenvalue weighted by Gasteiger charge is 2.18. The van der Waals surface area contributed by atoms with Crippen molar-refractivity contribution in [1.82, 2.24) is 9.80 Å². The number of rotatable bonds is 0. The van der Waals surface area contributed by atoms with Crippen LogP contribution in [0.2, 0.25) is 0 Å². The second-order valence-corrected chi connectivity index (χ2v) is 4.68. The summed E-state index contributed by atoms with van der Waals surface area (Å²) >= 11 is 3.57. The summed E-state index contributed by atoms with van der Waals surface area (Å²) in [5, 5.41) is 0.